The number of rotatable bonds is 2. The number of nitrogens with zero attached hydrogens (tertiary/aromatic N) is 1. The van der Waals surface area contributed by atoms with E-state index in [-0.39, 0.29) is 0 Å². The topological polar surface area (TPSA) is 67.9 Å². The van der Waals surface area contributed by atoms with Crippen molar-refractivity contribution in [2.75, 3.05) is 5.43 Å². The van der Waals surface area contributed by atoms with Crippen LogP contribution >= 0.6 is 0 Å². The fourth-order valence-corrected chi connectivity index (χ4v) is 1.24. The van der Waals surface area contributed by atoms with Crippen LogP contribution < -0.4 is 5.43 Å². The van der Waals surface area contributed by atoms with Crippen molar-refractivity contribution in [2.24, 2.45) is 0 Å². The van der Waals surface area contributed by atoms with Gasteiger partial charge in [0.05, 0.1) is 11.0 Å². The van der Waals surface area contributed by atoms with Crippen molar-refractivity contribution in [3.63, 3.8) is 0 Å². The van der Waals surface area contributed by atoms with Gasteiger partial charge in [0.2, 0.25) is 0 Å². The molecule has 1 saturated heterocycles. The maximum absolute atomic E-state index is 10.4. The van der Waals surface area contributed by atoms with Crippen LogP contribution in [0, 0.1) is 0 Å². The molecule has 0 spiro atoms. The van der Waals surface area contributed by atoms with Gasteiger partial charge in [-0.1, -0.05) is 18.2 Å². The zero-order valence-corrected chi connectivity index (χ0v) is 7.19. The van der Waals surface area contributed by atoms with Gasteiger partial charge in [-0.05, 0) is 12.1 Å². The van der Waals surface area contributed by atoms with E-state index in [9.17, 15) is 8.42 Å². The second-order valence-corrected chi connectivity index (χ2v) is 3.41. The molecule has 7 heteroatoms. The highest BCUT2D eigenvalue weighted by Gasteiger charge is 2.35. The van der Waals surface area contributed by atoms with Gasteiger partial charge in [0.15, 0.2) is 0 Å². The molecule has 0 radical (unpaired) electrons. The highest BCUT2D eigenvalue weighted by Crippen LogP contribution is 2.17. The predicted octanol–water partition coefficient (Wildman–Crippen LogP) is 0.437. The normalized spacial score (nSPS) is 20.6. The zero-order chi connectivity index (χ0) is 9.31. The second-order valence-electron chi connectivity index (χ2n) is 2.29. The van der Waals surface area contributed by atoms with Crippen LogP contribution in [0.5, 0.6) is 0 Å². The standard InChI is InChI=1S/C6H6N2O4S/c9-13(10)11-8(12-13)7-6-4-2-1-3-5-6/h1-5,7H. The molecule has 0 aliphatic carbocycles. The summed E-state index contributed by atoms with van der Waals surface area (Å²) in [6.45, 7) is 0. The molecular formula is C6H6N2O4S. The Bertz CT molecular complexity index is 378. The van der Waals surface area contributed by atoms with Gasteiger partial charge in [0.1, 0.15) is 0 Å². The van der Waals surface area contributed by atoms with Crippen molar-refractivity contribution < 1.29 is 17.0 Å². The van der Waals surface area contributed by atoms with Crippen LogP contribution in [-0.2, 0) is 19.0 Å². The van der Waals surface area contributed by atoms with Crippen LogP contribution in [0.1, 0.15) is 0 Å². The Morgan fingerprint density at radius 2 is 1.77 bits per heavy atom. The summed E-state index contributed by atoms with van der Waals surface area (Å²) < 4.78 is 29.1. The third kappa shape index (κ3) is 1.95. The number of benzene rings is 1. The number of nitrogens with one attached hydrogen (secondary N) is 1. The summed E-state index contributed by atoms with van der Waals surface area (Å²) in [5.74, 6) is 0. The average molecular weight is 202 g/mol. The summed E-state index contributed by atoms with van der Waals surface area (Å²) in [6, 6.07) is 8.88. The first-order valence-electron chi connectivity index (χ1n) is 3.42. The van der Waals surface area contributed by atoms with Gasteiger partial charge in [-0.25, -0.2) is 0 Å². The Morgan fingerprint density at radius 1 is 1.15 bits per heavy atom. The highest BCUT2D eigenvalue weighted by atomic mass is 32.3. The fraction of sp³-hybridized carbons (Fsp3) is 0. The van der Waals surface area contributed by atoms with E-state index < -0.39 is 10.4 Å². The molecule has 0 atom stereocenters. The van der Waals surface area contributed by atoms with Crippen molar-refractivity contribution in [2.45, 2.75) is 0 Å². The number of hydrogen-bond acceptors (Lipinski definition) is 6. The third-order valence-corrected chi connectivity index (χ3v) is 1.95. The van der Waals surface area contributed by atoms with Gasteiger partial charge in [-0.3, -0.25) is 5.43 Å². The lowest BCUT2D eigenvalue weighted by Crippen LogP contribution is -2.45. The van der Waals surface area contributed by atoms with Crippen LogP contribution in [0.3, 0.4) is 0 Å². The van der Waals surface area contributed by atoms with E-state index in [1.807, 2.05) is 6.07 Å². The molecule has 1 heterocycles. The van der Waals surface area contributed by atoms with Crippen LogP contribution in [0.25, 0.3) is 0 Å². The van der Waals surface area contributed by atoms with Gasteiger partial charge < -0.3 is 0 Å². The Morgan fingerprint density at radius 3 is 2.31 bits per heavy atom. The largest absolute Gasteiger partial charge is 0.439 e. The summed E-state index contributed by atoms with van der Waals surface area (Å²) in [6.07, 6.45) is 0. The van der Waals surface area contributed by atoms with E-state index in [1.54, 1.807) is 24.3 Å². The molecule has 1 aromatic rings. The van der Waals surface area contributed by atoms with E-state index in [0.29, 0.717) is 11.0 Å². The minimum Gasteiger partial charge on any atom is -0.270 e. The smallest absolute Gasteiger partial charge is 0.270 e. The molecule has 0 bridgehead atoms. The quantitative estimate of drug-likeness (QED) is 0.750. The maximum atomic E-state index is 10.4. The van der Waals surface area contributed by atoms with E-state index >= 15 is 0 Å². The van der Waals surface area contributed by atoms with Crippen molar-refractivity contribution in [3.05, 3.63) is 30.3 Å². The van der Waals surface area contributed by atoms with Gasteiger partial charge in [0, 0.05) is 0 Å². The Balaban J connectivity index is 1.95. The third-order valence-electron chi connectivity index (χ3n) is 1.31. The first-order chi connectivity index (χ1) is 6.16. The van der Waals surface area contributed by atoms with Gasteiger partial charge in [-0.2, -0.15) is 8.42 Å². The van der Waals surface area contributed by atoms with Gasteiger partial charge in [-0.15, -0.1) is 8.57 Å². The molecule has 1 N–H and O–H groups in total. The lowest BCUT2D eigenvalue weighted by atomic mass is 10.3. The zero-order valence-electron chi connectivity index (χ0n) is 6.38. The van der Waals surface area contributed by atoms with Crippen molar-refractivity contribution in [1.29, 1.82) is 0 Å². The van der Waals surface area contributed by atoms with Gasteiger partial charge >= 0.3 is 10.4 Å². The number of hydrogen-bond donors (Lipinski definition) is 1. The molecule has 13 heavy (non-hydrogen) atoms. The highest BCUT2D eigenvalue weighted by molar-refractivity contribution is 7.82. The van der Waals surface area contributed by atoms with Crippen LogP contribution in [0.2, 0.25) is 0 Å². The molecule has 2 rings (SSSR count). The first kappa shape index (κ1) is 8.45. The molecule has 1 fully saturated rings. The predicted molar refractivity (Wildman–Crippen MR) is 43.0 cm³/mol. The summed E-state index contributed by atoms with van der Waals surface area (Å²) in [7, 11) is -3.79. The van der Waals surface area contributed by atoms with Crippen LogP contribution in [0.15, 0.2) is 30.3 Å². The molecular weight excluding hydrogens is 196 g/mol. The van der Waals surface area contributed by atoms with E-state index in [1.165, 1.54) is 0 Å². The lowest BCUT2D eigenvalue weighted by Gasteiger charge is -2.26. The van der Waals surface area contributed by atoms with Gasteiger partial charge in [0.25, 0.3) is 0 Å². The SMILES string of the molecule is O=S1(=O)ON(Nc2ccccc2)O1. The number of para-hydroxylation sites is 1. The molecule has 0 aromatic heterocycles. The molecule has 0 amide bonds. The lowest BCUT2D eigenvalue weighted by molar-refractivity contribution is -0.308. The summed E-state index contributed by atoms with van der Waals surface area (Å²) >= 11 is 0. The monoisotopic (exact) mass is 202 g/mol. The molecule has 0 unspecified atom stereocenters. The Hall–Kier alpha value is -1.15. The molecule has 1 aromatic carbocycles. The fourth-order valence-electron chi connectivity index (χ4n) is 0.827. The number of hydrazine groups is 1. The minimum absolute atomic E-state index is 0.657. The van der Waals surface area contributed by atoms with Crippen molar-refractivity contribution in [3.8, 4) is 0 Å². The first-order valence-corrected chi connectivity index (χ1v) is 4.75. The van der Waals surface area contributed by atoms with E-state index in [2.05, 4.69) is 14.0 Å². The molecule has 70 valence electrons. The van der Waals surface area contributed by atoms with Crippen molar-refractivity contribution >= 4 is 16.1 Å². The average Bonchev–Trinajstić information content (AvgIpc) is 2.03. The summed E-state index contributed by atoms with van der Waals surface area (Å²) in [5, 5.41) is 0.657. The Kier molecular flexibility index (Phi) is 1.93. The van der Waals surface area contributed by atoms with Crippen molar-refractivity contribution in [1.82, 2.24) is 5.34 Å². The molecule has 1 aliphatic heterocycles. The summed E-state index contributed by atoms with van der Waals surface area (Å²) in [4.78, 5) is 0. The second kappa shape index (κ2) is 2.96. The molecule has 6 nitrogen and oxygen atoms in total. The van der Waals surface area contributed by atoms with Crippen LogP contribution in [0.4, 0.5) is 5.69 Å². The number of anilines is 1. The maximum Gasteiger partial charge on any atom is 0.439 e. The minimum atomic E-state index is -3.79. The summed E-state index contributed by atoms with van der Waals surface area (Å²) in [5.41, 5.74) is 3.21. The van der Waals surface area contributed by atoms with E-state index in [4.69, 9.17) is 0 Å². The van der Waals surface area contributed by atoms with Crippen LogP contribution in [-0.4, -0.2) is 13.8 Å². The Labute approximate surface area is 74.9 Å². The molecule has 1 aliphatic rings. The van der Waals surface area contributed by atoms with E-state index in [0.717, 1.165) is 0 Å². The molecule has 0 saturated carbocycles.